The SMILES string of the molecule is C=C(C)C(=O)O.CCOCC(O)COC(C)CO. The van der Waals surface area contributed by atoms with Crippen LogP contribution in [0.25, 0.3) is 0 Å². The number of carboxylic acid groups (broad SMARTS) is 1. The minimum Gasteiger partial charge on any atom is -0.478 e. The van der Waals surface area contributed by atoms with E-state index in [0.29, 0.717) is 6.61 Å². The summed E-state index contributed by atoms with van der Waals surface area (Å²) in [5.74, 6) is -0.935. The van der Waals surface area contributed by atoms with Crippen LogP contribution >= 0.6 is 0 Å². The smallest absolute Gasteiger partial charge is 0.330 e. The standard InChI is InChI=1S/C8H18O4.C4H6O2/c1-3-11-5-8(10)6-12-7(2)4-9;1-3(2)4(5)6/h7-10H,3-6H2,1-2H3;1H2,2H3,(H,5,6). The van der Waals surface area contributed by atoms with Crippen LogP contribution in [-0.2, 0) is 14.3 Å². The number of hydrogen-bond acceptors (Lipinski definition) is 5. The predicted molar refractivity (Wildman–Crippen MR) is 67.4 cm³/mol. The van der Waals surface area contributed by atoms with E-state index in [1.807, 2.05) is 6.92 Å². The Bertz CT molecular complexity index is 217. The van der Waals surface area contributed by atoms with Crippen LogP contribution in [0, 0.1) is 0 Å². The van der Waals surface area contributed by atoms with E-state index in [2.05, 4.69) is 6.58 Å². The molecule has 0 aromatic heterocycles. The first-order valence-corrected chi connectivity index (χ1v) is 5.72. The van der Waals surface area contributed by atoms with Crippen LogP contribution in [0.4, 0.5) is 0 Å². The van der Waals surface area contributed by atoms with Crippen LogP contribution in [0.15, 0.2) is 12.2 Å². The minimum atomic E-state index is -0.935. The fraction of sp³-hybridized carbons (Fsp3) is 0.750. The van der Waals surface area contributed by atoms with Gasteiger partial charge >= 0.3 is 5.97 Å². The Kier molecular flexibility index (Phi) is 13.5. The number of carbonyl (C=O) groups is 1. The van der Waals surface area contributed by atoms with Crippen LogP contribution in [-0.4, -0.2) is 59.9 Å². The summed E-state index contributed by atoms with van der Waals surface area (Å²) in [5, 5.41) is 25.7. The van der Waals surface area contributed by atoms with Gasteiger partial charge in [-0.25, -0.2) is 4.79 Å². The summed E-state index contributed by atoms with van der Waals surface area (Å²) in [6.07, 6.45) is -0.819. The lowest BCUT2D eigenvalue weighted by atomic mass is 10.4. The maximum atomic E-state index is 9.60. The molecule has 6 heteroatoms. The van der Waals surface area contributed by atoms with Crippen molar-refractivity contribution in [1.29, 1.82) is 0 Å². The Hall–Kier alpha value is -0.950. The highest BCUT2D eigenvalue weighted by atomic mass is 16.5. The van der Waals surface area contributed by atoms with E-state index in [9.17, 15) is 9.90 Å². The second kappa shape index (κ2) is 12.5. The van der Waals surface area contributed by atoms with Gasteiger partial charge in [-0.2, -0.15) is 0 Å². The molecule has 0 bridgehead atoms. The maximum Gasteiger partial charge on any atom is 0.330 e. The third kappa shape index (κ3) is 15.0. The third-order valence-corrected chi connectivity index (χ3v) is 1.71. The number of aliphatic carboxylic acids is 1. The topological polar surface area (TPSA) is 96.2 Å². The Labute approximate surface area is 108 Å². The van der Waals surface area contributed by atoms with E-state index in [1.54, 1.807) is 6.92 Å². The van der Waals surface area contributed by atoms with Gasteiger partial charge in [0, 0.05) is 12.2 Å². The lowest BCUT2D eigenvalue weighted by Gasteiger charge is -2.14. The number of aliphatic hydroxyl groups is 2. The van der Waals surface area contributed by atoms with E-state index >= 15 is 0 Å². The lowest BCUT2D eigenvalue weighted by Crippen LogP contribution is -2.25. The van der Waals surface area contributed by atoms with Crippen molar-refractivity contribution in [3.8, 4) is 0 Å². The summed E-state index contributed by atoms with van der Waals surface area (Å²) >= 11 is 0. The maximum absolute atomic E-state index is 9.60. The number of aliphatic hydroxyl groups excluding tert-OH is 2. The molecule has 2 atom stereocenters. The fourth-order valence-corrected chi connectivity index (χ4v) is 0.630. The van der Waals surface area contributed by atoms with Crippen molar-refractivity contribution < 1.29 is 29.6 Å². The molecule has 0 radical (unpaired) electrons. The van der Waals surface area contributed by atoms with Crippen molar-refractivity contribution in [2.24, 2.45) is 0 Å². The molecule has 0 aromatic rings. The van der Waals surface area contributed by atoms with Crippen LogP contribution < -0.4 is 0 Å². The molecule has 0 spiro atoms. The van der Waals surface area contributed by atoms with Gasteiger partial charge in [-0.3, -0.25) is 0 Å². The van der Waals surface area contributed by atoms with Gasteiger partial charge in [0.1, 0.15) is 6.10 Å². The number of ether oxygens (including phenoxy) is 2. The Morgan fingerprint density at radius 2 is 1.89 bits per heavy atom. The highest BCUT2D eigenvalue weighted by Gasteiger charge is 2.06. The summed E-state index contributed by atoms with van der Waals surface area (Å²) < 4.78 is 10.0. The summed E-state index contributed by atoms with van der Waals surface area (Å²) in [5.41, 5.74) is 0.176. The minimum absolute atomic E-state index is 0.0264. The lowest BCUT2D eigenvalue weighted by molar-refractivity contribution is -0.132. The molecule has 0 fully saturated rings. The predicted octanol–water partition coefficient (Wildman–Crippen LogP) is 0.428. The highest BCUT2D eigenvalue weighted by molar-refractivity contribution is 5.84. The van der Waals surface area contributed by atoms with Crippen LogP contribution in [0.3, 0.4) is 0 Å². The van der Waals surface area contributed by atoms with Crippen LogP contribution in [0.1, 0.15) is 20.8 Å². The quantitative estimate of drug-likeness (QED) is 0.550. The molecule has 0 heterocycles. The van der Waals surface area contributed by atoms with Crippen molar-refractivity contribution in [1.82, 2.24) is 0 Å². The molecule has 3 N–H and O–H groups in total. The normalized spacial score (nSPS) is 13.2. The highest BCUT2D eigenvalue weighted by Crippen LogP contribution is 1.92. The van der Waals surface area contributed by atoms with Gasteiger partial charge in [0.05, 0.1) is 25.9 Å². The molecular formula is C12H24O6. The van der Waals surface area contributed by atoms with Crippen molar-refractivity contribution in [2.75, 3.05) is 26.4 Å². The fourth-order valence-electron chi connectivity index (χ4n) is 0.630. The molecule has 0 aliphatic rings. The first kappa shape index (κ1) is 19.4. The monoisotopic (exact) mass is 264 g/mol. The average Bonchev–Trinajstić information content (AvgIpc) is 2.33. The number of carboxylic acids is 1. The Morgan fingerprint density at radius 1 is 1.39 bits per heavy atom. The summed E-state index contributed by atoms with van der Waals surface area (Å²) in [6, 6.07) is 0. The largest absolute Gasteiger partial charge is 0.478 e. The van der Waals surface area contributed by atoms with Gasteiger partial charge < -0.3 is 24.8 Å². The molecule has 0 rings (SSSR count). The zero-order valence-corrected chi connectivity index (χ0v) is 11.3. The molecule has 0 saturated carbocycles. The molecule has 0 aromatic carbocycles. The summed E-state index contributed by atoms with van der Waals surface area (Å²) in [7, 11) is 0. The van der Waals surface area contributed by atoms with Gasteiger partial charge in [-0.05, 0) is 20.8 Å². The number of hydrogen-bond donors (Lipinski definition) is 3. The molecule has 108 valence electrons. The van der Waals surface area contributed by atoms with Gasteiger partial charge in [0.25, 0.3) is 0 Å². The second-order valence-electron chi connectivity index (χ2n) is 3.73. The summed E-state index contributed by atoms with van der Waals surface area (Å²) in [4.78, 5) is 9.60. The molecule has 0 aliphatic carbocycles. The first-order chi connectivity index (χ1) is 8.34. The van der Waals surface area contributed by atoms with E-state index in [0.717, 1.165) is 0 Å². The van der Waals surface area contributed by atoms with Crippen molar-refractivity contribution in [3.63, 3.8) is 0 Å². The van der Waals surface area contributed by atoms with Gasteiger partial charge in [-0.15, -0.1) is 0 Å². The van der Waals surface area contributed by atoms with Crippen molar-refractivity contribution in [3.05, 3.63) is 12.2 Å². The van der Waals surface area contributed by atoms with Gasteiger partial charge in [0.15, 0.2) is 0 Å². The summed E-state index contributed by atoms with van der Waals surface area (Å²) in [6.45, 7) is 9.27. The van der Waals surface area contributed by atoms with Gasteiger partial charge in [0.2, 0.25) is 0 Å². The van der Waals surface area contributed by atoms with Crippen molar-refractivity contribution >= 4 is 5.97 Å². The first-order valence-electron chi connectivity index (χ1n) is 5.72. The van der Waals surface area contributed by atoms with Crippen LogP contribution in [0.2, 0.25) is 0 Å². The molecule has 0 saturated heterocycles. The molecule has 0 aliphatic heterocycles. The Balaban J connectivity index is 0. The zero-order valence-electron chi connectivity index (χ0n) is 11.3. The molecule has 18 heavy (non-hydrogen) atoms. The van der Waals surface area contributed by atoms with Crippen molar-refractivity contribution in [2.45, 2.75) is 33.0 Å². The average molecular weight is 264 g/mol. The molecule has 6 nitrogen and oxygen atoms in total. The van der Waals surface area contributed by atoms with E-state index in [-0.39, 0.29) is 31.5 Å². The molecule has 2 unspecified atom stereocenters. The van der Waals surface area contributed by atoms with Crippen LogP contribution in [0.5, 0.6) is 0 Å². The van der Waals surface area contributed by atoms with Gasteiger partial charge in [-0.1, -0.05) is 6.58 Å². The molecular weight excluding hydrogens is 240 g/mol. The number of rotatable bonds is 8. The van der Waals surface area contributed by atoms with E-state index in [4.69, 9.17) is 19.7 Å². The Morgan fingerprint density at radius 3 is 2.22 bits per heavy atom. The van der Waals surface area contributed by atoms with E-state index in [1.165, 1.54) is 6.92 Å². The second-order valence-corrected chi connectivity index (χ2v) is 3.73. The van der Waals surface area contributed by atoms with E-state index < -0.39 is 12.1 Å². The third-order valence-electron chi connectivity index (χ3n) is 1.71. The molecule has 0 amide bonds. The zero-order chi connectivity index (χ0) is 14.6.